The molecule has 2 unspecified atom stereocenters. The van der Waals surface area contributed by atoms with Gasteiger partial charge in [-0.05, 0) is 31.0 Å². The largest absolute Gasteiger partial charge is 0.490 e. The normalized spacial score (nSPS) is 29.6. The number of rotatable bonds is 2. The van der Waals surface area contributed by atoms with E-state index in [4.69, 9.17) is 27.9 Å². The Morgan fingerprint density at radius 3 is 2.47 bits per heavy atom. The molecule has 2 saturated carbocycles. The third-order valence-corrected chi connectivity index (χ3v) is 5.64. The van der Waals surface area contributed by atoms with Crippen LogP contribution in [0.4, 0.5) is 0 Å². The van der Waals surface area contributed by atoms with Crippen molar-refractivity contribution in [2.45, 2.75) is 56.4 Å². The Kier molecular flexibility index (Phi) is 3.96. The summed E-state index contributed by atoms with van der Waals surface area (Å²) in [7, 11) is 0. The lowest BCUT2D eigenvalue weighted by atomic mass is 9.61. The van der Waals surface area contributed by atoms with Crippen LogP contribution in [0.2, 0.25) is 5.02 Å². The SMILES string of the molecule is Clc1cccc(OC2CC(Cl)C23CCCCCC3)c1. The smallest absolute Gasteiger partial charge is 0.121 e. The van der Waals surface area contributed by atoms with Crippen LogP contribution in [-0.4, -0.2) is 11.5 Å². The Morgan fingerprint density at radius 2 is 1.84 bits per heavy atom. The monoisotopic (exact) mass is 298 g/mol. The summed E-state index contributed by atoms with van der Waals surface area (Å²) in [4.78, 5) is 0. The highest BCUT2D eigenvalue weighted by molar-refractivity contribution is 6.30. The molecule has 3 rings (SSSR count). The van der Waals surface area contributed by atoms with Crippen LogP contribution >= 0.6 is 23.2 Å². The molecule has 1 aromatic carbocycles. The first kappa shape index (κ1) is 13.6. The van der Waals surface area contributed by atoms with Gasteiger partial charge in [0, 0.05) is 22.2 Å². The molecule has 2 fully saturated rings. The van der Waals surface area contributed by atoms with Gasteiger partial charge in [-0.3, -0.25) is 0 Å². The van der Waals surface area contributed by atoms with Gasteiger partial charge in [0.05, 0.1) is 0 Å². The molecule has 3 heteroatoms. The van der Waals surface area contributed by atoms with E-state index >= 15 is 0 Å². The van der Waals surface area contributed by atoms with Gasteiger partial charge in [0.2, 0.25) is 0 Å². The van der Waals surface area contributed by atoms with E-state index in [0.717, 1.165) is 17.2 Å². The second-order valence-electron chi connectivity index (χ2n) is 5.91. The Morgan fingerprint density at radius 1 is 1.11 bits per heavy atom. The van der Waals surface area contributed by atoms with Gasteiger partial charge in [-0.15, -0.1) is 11.6 Å². The van der Waals surface area contributed by atoms with Crippen LogP contribution in [0.25, 0.3) is 0 Å². The lowest BCUT2D eigenvalue weighted by Gasteiger charge is -2.53. The second-order valence-corrected chi connectivity index (χ2v) is 6.88. The molecule has 0 N–H and O–H groups in total. The van der Waals surface area contributed by atoms with E-state index in [1.807, 2.05) is 24.3 Å². The zero-order chi connectivity index (χ0) is 13.3. The van der Waals surface area contributed by atoms with E-state index in [-0.39, 0.29) is 16.9 Å². The minimum atomic E-state index is 0.209. The highest BCUT2D eigenvalue weighted by atomic mass is 35.5. The van der Waals surface area contributed by atoms with Gasteiger partial charge >= 0.3 is 0 Å². The molecule has 0 aromatic heterocycles. The molecule has 1 aromatic rings. The van der Waals surface area contributed by atoms with E-state index in [0.29, 0.717) is 0 Å². The average Bonchev–Trinajstić information content (AvgIpc) is 2.66. The first-order chi connectivity index (χ1) is 9.21. The first-order valence-electron chi connectivity index (χ1n) is 7.27. The predicted octanol–water partition coefficient (Wildman–Crippen LogP) is 5.44. The summed E-state index contributed by atoms with van der Waals surface area (Å²) in [6.45, 7) is 0. The first-order valence-corrected chi connectivity index (χ1v) is 8.08. The van der Waals surface area contributed by atoms with Crippen LogP contribution in [0.3, 0.4) is 0 Å². The van der Waals surface area contributed by atoms with Crippen LogP contribution in [0, 0.1) is 5.41 Å². The second kappa shape index (κ2) is 5.54. The van der Waals surface area contributed by atoms with Crippen molar-refractivity contribution in [3.05, 3.63) is 29.3 Å². The molecule has 1 nitrogen and oxygen atoms in total. The molecule has 0 saturated heterocycles. The minimum Gasteiger partial charge on any atom is -0.490 e. The molecule has 1 spiro atoms. The third-order valence-electron chi connectivity index (χ3n) is 4.79. The van der Waals surface area contributed by atoms with Crippen molar-refractivity contribution in [1.82, 2.24) is 0 Å². The summed E-state index contributed by atoms with van der Waals surface area (Å²) in [6.07, 6.45) is 8.93. The van der Waals surface area contributed by atoms with E-state index in [9.17, 15) is 0 Å². The van der Waals surface area contributed by atoms with Crippen LogP contribution in [0.15, 0.2) is 24.3 Å². The van der Waals surface area contributed by atoms with Crippen molar-refractivity contribution >= 4 is 23.2 Å². The molecule has 0 radical (unpaired) electrons. The van der Waals surface area contributed by atoms with E-state index in [1.165, 1.54) is 38.5 Å². The van der Waals surface area contributed by atoms with Crippen LogP contribution in [0.5, 0.6) is 5.75 Å². The molecule has 2 aliphatic carbocycles. The molecular formula is C16H20Cl2O. The van der Waals surface area contributed by atoms with Crippen molar-refractivity contribution < 1.29 is 4.74 Å². The van der Waals surface area contributed by atoms with Gasteiger partial charge in [-0.2, -0.15) is 0 Å². The molecule has 0 amide bonds. The van der Waals surface area contributed by atoms with Gasteiger partial charge in [0.25, 0.3) is 0 Å². The van der Waals surface area contributed by atoms with Gasteiger partial charge < -0.3 is 4.74 Å². The number of hydrogen-bond donors (Lipinski definition) is 0. The van der Waals surface area contributed by atoms with Crippen LogP contribution in [0.1, 0.15) is 44.9 Å². The van der Waals surface area contributed by atoms with Crippen LogP contribution in [-0.2, 0) is 0 Å². The van der Waals surface area contributed by atoms with E-state index in [1.54, 1.807) is 0 Å². The summed E-state index contributed by atoms with van der Waals surface area (Å²) in [6, 6.07) is 7.70. The van der Waals surface area contributed by atoms with Gasteiger partial charge in [0.1, 0.15) is 11.9 Å². The molecular weight excluding hydrogens is 279 g/mol. The summed E-state index contributed by atoms with van der Waals surface area (Å²) in [5, 5.41) is 1.02. The molecule has 2 aliphatic rings. The molecule has 2 atom stereocenters. The number of benzene rings is 1. The van der Waals surface area contributed by atoms with Crippen molar-refractivity contribution in [2.75, 3.05) is 0 Å². The average molecular weight is 299 g/mol. The Bertz CT molecular complexity index is 438. The highest BCUT2D eigenvalue weighted by Gasteiger charge is 2.55. The van der Waals surface area contributed by atoms with Gasteiger partial charge in [-0.1, -0.05) is 43.4 Å². The summed E-state index contributed by atoms with van der Waals surface area (Å²) in [5.74, 6) is 0.879. The Hall–Kier alpha value is -0.400. The maximum absolute atomic E-state index is 6.54. The zero-order valence-corrected chi connectivity index (χ0v) is 12.6. The van der Waals surface area contributed by atoms with E-state index in [2.05, 4.69) is 0 Å². The van der Waals surface area contributed by atoms with Crippen LogP contribution < -0.4 is 4.74 Å². The van der Waals surface area contributed by atoms with E-state index < -0.39 is 0 Å². The Labute approximate surface area is 125 Å². The number of halogens is 2. The van der Waals surface area contributed by atoms with Crippen molar-refractivity contribution in [2.24, 2.45) is 5.41 Å². The molecule has 19 heavy (non-hydrogen) atoms. The highest BCUT2D eigenvalue weighted by Crippen LogP contribution is 2.55. The zero-order valence-electron chi connectivity index (χ0n) is 11.1. The maximum atomic E-state index is 6.54. The number of alkyl halides is 1. The third kappa shape index (κ3) is 2.60. The van der Waals surface area contributed by atoms with Crippen molar-refractivity contribution in [3.63, 3.8) is 0 Å². The standard InChI is InChI=1S/C16H20Cl2O/c17-12-6-5-7-13(10-12)19-15-11-14(18)16(15)8-3-1-2-4-9-16/h5-7,10,14-15H,1-4,8-9,11H2. The fraction of sp³-hybridized carbons (Fsp3) is 0.625. The summed E-state index contributed by atoms with van der Waals surface area (Å²) < 4.78 is 6.18. The topological polar surface area (TPSA) is 9.23 Å². The molecule has 0 bridgehead atoms. The van der Waals surface area contributed by atoms with Gasteiger partial charge in [-0.25, -0.2) is 0 Å². The van der Waals surface area contributed by atoms with Gasteiger partial charge in [0.15, 0.2) is 0 Å². The fourth-order valence-corrected chi connectivity index (χ4v) is 4.29. The lowest BCUT2D eigenvalue weighted by molar-refractivity contribution is -0.0512. The Balaban J connectivity index is 1.74. The van der Waals surface area contributed by atoms with Crippen molar-refractivity contribution in [3.8, 4) is 5.75 Å². The lowest BCUT2D eigenvalue weighted by Crippen LogP contribution is -2.57. The number of ether oxygens (including phenoxy) is 1. The quantitative estimate of drug-likeness (QED) is 0.661. The maximum Gasteiger partial charge on any atom is 0.121 e. The molecule has 0 heterocycles. The summed E-state index contributed by atoms with van der Waals surface area (Å²) in [5.41, 5.74) is 0.209. The molecule has 0 aliphatic heterocycles. The number of hydrogen-bond acceptors (Lipinski definition) is 1. The summed E-state index contributed by atoms with van der Waals surface area (Å²) >= 11 is 12.6. The molecule has 104 valence electrons. The van der Waals surface area contributed by atoms with Crippen molar-refractivity contribution in [1.29, 1.82) is 0 Å². The predicted molar refractivity (Wildman–Crippen MR) is 80.3 cm³/mol. The minimum absolute atomic E-state index is 0.209. The fourth-order valence-electron chi connectivity index (χ4n) is 3.59.